The third kappa shape index (κ3) is 3.79. The minimum Gasteiger partial charge on any atom is -0.393 e. The van der Waals surface area contributed by atoms with Gasteiger partial charge in [0.05, 0.1) is 29.6 Å². The molecule has 0 spiro atoms. The molecule has 0 radical (unpaired) electrons. The summed E-state index contributed by atoms with van der Waals surface area (Å²) < 4.78 is 0. The van der Waals surface area contributed by atoms with E-state index in [4.69, 9.17) is 0 Å². The van der Waals surface area contributed by atoms with E-state index >= 15 is 0 Å². The van der Waals surface area contributed by atoms with Gasteiger partial charge in [0.1, 0.15) is 6.07 Å². The molecule has 1 aromatic carbocycles. The Morgan fingerprint density at radius 3 is 2.78 bits per heavy atom. The van der Waals surface area contributed by atoms with Gasteiger partial charge in [-0.05, 0) is 43.2 Å². The normalized spacial score (nSPS) is 15.2. The van der Waals surface area contributed by atoms with Crippen molar-refractivity contribution in [2.75, 3.05) is 23.3 Å². The number of piperidine rings is 1. The summed E-state index contributed by atoms with van der Waals surface area (Å²) in [7, 11) is 0. The van der Waals surface area contributed by atoms with E-state index in [0.717, 1.165) is 43.0 Å². The van der Waals surface area contributed by atoms with E-state index in [9.17, 15) is 10.4 Å². The van der Waals surface area contributed by atoms with Crippen LogP contribution in [0.4, 0.5) is 11.4 Å². The van der Waals surface area contributed by atoms with Gasteiger partial charge in [-0.15, -0.1) is 0 Å². The first kappa shape index (κ1) is 15.3. The number of pyridine rings is 1. The van der Waals surface area contributed by atoms with Crippen molar-refractivity contribution in [2.24, 2.45) is 0 Å². The second-order valence-corrected chi connectivity index (χ2v) is 5.74. The Labute approximate surface area is 136 Å². The van der Waals surface area contributed by atoms with Gasteiger partial charge in [-0.2, -0.15) is 5.26 Å². The van der Waals surface area contributed by atoms with Crippen molar-refractivity contribution in [3.63, 3.8) is 0 Å². The number of anilines is 2. The number of rotatable bonds is 4. The van der Waals surface area contributed by atoms with Crippen molar-refractivity contribution in [2.45, 2.75) is 25.5 Å². The van der Waals surface area contributed by atoms with Crippen LogP contribution in [0.25, 0.3) is 0 Å². The summed E-state index contributed by atoms with van der Waals surface area (Å²) in [6.45, 7) is 2.20. The van der Waals surface area contributed by atoms with E-state index < -0.39 is 0 Å². The lowest BCUT2D eigenvalue weighted by Gasteiger charge is -2.32. The largest absolute Gasteiger partial charge is 0.393 e. The van der Waals surface area contributed by atoms with E-state index in [-0.39, 0.29) is 6.10 Å². The molecule has 1 fully saturated rings. The predicted molar refractivity (Wildman–Crippen MR) is 90.2 cm³/mol. The topological polar surface area (TPSA) is 72.2 Å². The second kappa shape index (κ2) is 7.12. The van der Waals surface area contributed by atoms with Crippen LogP contribution >= 0.6 is 0 Å². The fourth-order valence-electron chi connectivity index (χ4n) is 2.81. The Bertz CT molecular complexity index is 688. The molecule has 1 aliphatic rings. The summed E-state index contributed by atoms with van der Waals surface area (Å²) in [5.74, 6) is 0. The summed E-state index contributed by atoms with van der Waals surface area (Å²) in [5, 5.41) is 22.4. The lowest BCUT2D eigenvalue weighted by atomic mass is 10.0. The molecule has 5 nitrogen and oxygen atoms in total. The minimum atomic E-state index is -0.212. The molecule has 0 unspecified atom stereocenters. The van der Waals surface area contributed by atoms with Gasteiger partial charge in [0.2, 0.25) is 0 Å². The molecular weight excluding hydrogens is 288 g/mol. The molecule has 118 valence electrons. The summed E-state index contributed by atoms with van der Waals surface area (Å²) >= 11 is 0. The third-order valence-corrected chi connectivity index (χ3v) is 4.12. The van der Waals surface area contributed by atoms with Crippen molar-refractivity contribution in [3.8, 4) is 6.07 Å². The van der Waals surface area contributed by atoms with Crippen LogP contribution in [0.2, 0.25) is 0 Å². The highest BCUT2D eigenvalue weighted by molar-refractivity contribution is 5.65. The second-order valence-electron chi connectivity index (χ2n) is 5.74. The third-order valence-electron chi connectivity index (χ3n) is 4.12. The quantitative estimate of drug-likeness (QED) is 0.908. The number of aliphatic hydroxyl groups excluding tert-OH is 1. The van der Waals surface area contributed by atoms with Gasteiger partial charge in [-0.3, -0.25) is 4.98 Å². The smallest absolute Gasteiger partial charge is 0.101 e. The summed E-state index contributed by atoms with van der Waals surface area (Å²) in [5.41, 5.74) is 3.48. The number of nitriles is 1. The number of nitrogens with zero attached hydrogens (tertiary/aromatic N) is 3. The molecule has 3 rings (SSSR count). The highest BCUT2D eigenvalue weighted by Crippen LogP contribution is 2.26. The van der Waals surface area contributed by atoms with Crippen molar-refractivity contribution in [1.82, 2.24) is 4.98 Å². The maximum absolute atomic E-state index is 9.62. The predicted octanol–water partition coefficient (Wildman–Crippen LogP) is 2.53. The zero-order valence-corrected chi connectivity index (χ0v) is 12.9. The maximum atomic E-state index is 9.62. The zero-order valence-electron chi connectivity index (χ0n) is 12.9. The van der Waals surface area contributed by atoms with Crippen molar-refractivity contribution < 1.29 is 5.11 Å². The molecule has 2 N–H and O–H groups in total. The van der Waals surface area contributed by atoms with Crippen LogP contribution in [0.15, 0.2) is 42.6 Å². The lowest BCUT2D eigenvalue weighted by molar-refractivity contribution is 0.145. The number of hydrogen-bond donors (Lipinski definition) is 2. The number of hydrogen-bond acceptors (Lipinski definition) is 5. The van der Waals surface area contributed by atoms with Crippen LogP contribution in [0, 0.1) is 11.3 Å². The van der Waals surface area contributed by atoms with Crippen LogP contribution in [0.5, 0.6) is 0 Å². The van der Waals surface area contributed by atoms with Crippen molar-refractivity contribution in [1.29, 1.82) is 5.26 Å². The fraction of sp³-hybridized carbons (Fsp3) is 0.333. The van der Waals surface area contributed by atoms with Gasteiger partial charge >= 0.3 is 0 Å². The average Bonchev–Trinajstić information content (AvgIpc) is 2.61. The zero-order chi connectivity index (χ0) is 16.1. The Morgan fingerprint density at radius 1 is 1.26 bits per heavy atom. The summed E-state index contributed by atoms with van der Waals surface area (Å²) in [6, 6.07) is 13.9. The molecule has 0 amide bonds. The Balaban J connectivity index is 1.71. The molecule has 0 saturated carbocycles. The standard InChI is InChI=1S/C18H20N4O/c19-12-14-11-15(21-13-16-3-1-2-8-20-16)4-5-18(14)22-9-6-17(23)7-10-22/h1-5,8,11,17,21,23H,6-7,9-10,13H2. The first-order chi connectivity index (χ1) is 11.3. The Kier molecular flexibility index (Phi) is 4.74. The maximum Gasteiger partial charge on any atom is 0.101 e. The van der Waals surface area contributed by atoms with Gasteiger partial charge in [0.15, 0.2) is 0 Å². The van der Waals surface area contributed by atoms with Crippen LogP contribution < -0.4 is 10.2 Å². The molecule has 23 heavy (non-hydrogen) atoms. The highest BCUT2D eigenvalue weighted by Gasteiger charge is 2.19. The SMILES string of the molecule is N#Cc1cc(NCc2ccccn2)ccc1N1CCC(O)CC1. The van der Waals surface area contributed by atoms with Crippen LogP contribution in [0.3, 0.4) is 0 Å². The van der Waals surface area contributed by atoms with Crippen molar-refractivity contribution >= 4 is 11.4 Å². The summed E-state index contributed by atoms with van der Waals surface area (Å²) in [4.78, 5) is 6.45. The first-order valence-electron chi connectivity index (χ1n) is 7.87. The monoisotopic (exact) mass is 308 g/mol. The van der Waals surface area contributed by atoms with E-state index in [0.29, 0.717) is 12.1 Å². The first-order valence-corrected chi connectivity index (χ1v) is 7.87. The molecule has 5 heteroatoms. The van der Waals surface area contributed by atoms with E-state index in [1.54, 1.807) is 6.20 Å². The number of aromatic nitrogens is 1. The molecule has 2 heterocycles. The van der Waals surface area contributed by atoms with Gasteiger partial charge < -0.3 is 15.3 Å². The Morgan fingerprint density at radius 2 is 2.09 bits per heavy atom. The number of nitrogens with one attached hydrogen (secondary N) is 1. The molecule has 1 saturated heterocycles. The minimum absolute atomic E-state index is 0.212. The Hall–Kier alpha value is -2.58. The van der Waals surface area contributed by atoms with Crippen LogP contribution in [-0.4, -0.2) is 29.3 Å². The summed E-state index contributed by atoms with van der Waals surface area (Å²) in [6.07, 6.45) is 3.07. The average molecular weight is 308 g/mol. The molecule has 2 aromatic rings. The van der Waals surface area contributed by atoms with Gasteiger partial charge in [0, 0.05) is 25.0 Å². The van der Waals surface area contributed by atoms with E-state index in [2.05, 4.69) is 21.3 Å². The highest BCUT2D eigenvalue weighted by atomic mass is 16.3. The number of aliphatic hydroxyl groups is 1. The van der Waals surface area contributed by atoms with E-state index in [1.165, 1.54) is 0 Å². The molecule has 1 aromatic heterocycles. The lowest BCUT2D eigenvalue weighted by Crippen LogP contribution is -2.36. The van der Waals surface area contributed by atoms with Gasteiger partial charge in [-0.1, -0.05) is 6.07 Å². The molecule has 0 atom stereocenters. The fourth-order valence-corrected chi connectivity index (χ4v) is 2.81. The van der Waals surface area contributed by atoms with E-state index in [1.807, 2.05) is 36.4 Å². The van der Waals surface area contributed by atoms with Crippen molar-refractivity contribution in [3.05, 3.63) is 53.9 Å². The number of benzene rings is 1. The molecule has 0 bridgehead atoms. The van der Waals surface area contributed by atoms with Gasteiger partial charge in [0.25, 0.3) is 0 Å². The molecular formula is C18H20N4O. The molecule has 0 aliphatic carbocycles. The van der Waals surface area contributed by atoms with Crippen LogP contribution in [0.1, 0.15) is 24.1 Å². The molecule has 1 aliphatic heterocycles. The van der Waals surface area contributed by atoms with Gasteiger partial charge in [-0.25, -0.2) is 0 Å². The van der Waals surface area contributed by atoms with Crippen LogP contribution in [-0.2, 0) is 6.54 Å².